The highest BCUT2D eigenvalue weighted by Crippen LogP contribution is 2.45. The van der Waals surface area contributed by atoms with Crippen LogP contribution in [0.1, 0.15) is 11.1 Å². The molecule has 0 aliphatic heterocycles. The van der Waals surface area contributed by atoms with Crippen molar-refractivity contribution in [2.75, 3.05) is 0 Å². The average Bonchev–Trinajstić information content (AvgIpc) is 4.07. The second-order valence-corrected chi connectivity index (χ2v) is 19.6. The highest BCUT2D eigenvalue weighted by Gasteiger charge is 2.21. The Kier molecular flexibility index (Phi) is 8.64. The first-order chi connectivity index (χ1) is 34.2. The van der Waals surface area contributed by atoms with E-state index in [1.54, 1.807) is 0 Å². The fourth-order valence-corrected chi connectivity index (χ4v) is 12.3. The number of aryl methyl sites for hydroxylation is 4. The first kappa shape index (κ1) is 40.5. The second kappa shape index (κ2) is 14.9. The van der Waals surface area contributed by atoms with Crippen LogP contribution in [0.2, 0.25) is 0 Å². The molecule has 0 spiro atoms. The lowest BCUT2D eigenvalue weighted by Crippen LogP contribution is -1.95. The van der Waals surface area contributed by atoms with E-state index in [1.807, 2.05) is 0 Å². The van der Waals surface area contributed by atoms with Gasteiger partial charge in [-0.15, -0.1) is 0 Å². The van der Waals surface area contributed by atoms with E-state index in [0.717, 1.165) is 0 Å². The third kappa shape index (κ3) is 5.77. The third-order valence-corrected chi connectivity index (χ3v) is 16.0. The molecule has 0 unspecified atom stereocenters. The van der Waals surface area contributed by atoms with E-state index in [4.69, 9.17) is 0 Å². The van der Waals surface area contributed by atoms with Crippen molar-refractivity contribution in [3.05, 3.63) is 205 Å². The maximum Gasteiger partial charge on any atom is 0.0489 e. The minimum atomic E-state index is 1.19. The number of fused-ring (bicyclic) bond motifs is 12. The van der Waals surface area contributed by atoms with Gasteiger partial charge in [0.25, 0.3) is 0 Å². The zero-order chi connectivity index (χ0) is 47.1. The van der Waals surface area contributed by atoms with Gasteiger partial charge in [-0.1, -0.05) is 97.1 Å². The predicted octanol–water partition coefficient (Wildman–Crippen LogP) is 17.2. The SMILES string of the molecule is Cc1c(-c2ccc3c(c2)c2ccccc2n3C)cc(-c2cc(-c3ccc4c(c3)c3ccccc3n4C)c(C)c(-c3ccc4c(c3)c3ccccc3n4C)c2)cc1-c1ccc2c(c1)c1ccccc1n2C. The van der Waals surface area contributed by atoms with Gasteiger partial charge in [-0.3, -0.25) is 0 Å². The number of aromatic nitrogens is 4. The molecule has 0 bridgehead atoms. The summed E-state index contributed by atoms with van der Waals surface area (Å²) in [6.07, 6.45) is 0. The summed E-state index contributed by atoms with van der Waals surface area (Å²) in [5, 5.41) is 10.2. The number of benzene rings is 10. The molecule has 10 aromatic carbocycles. The van der Waals surface area contributed by atoms with Crippen molar-refractivity contribution in [1.82, 2.24) is 18.3 Å². The fraction of sp³-hybridized carbons (Fsp3) is 0.0909. The fourth-order valence-electron chi connectivity index (χ4n) is 12.3. The molecule has 334 valence electrons. The minimum Gasteiger partial charge on any atom is -0.344 e. The standard InChI is InChI=1S/C66H50N4/c1-39-51(41-23-27-63-55(31-41)47-15-7-11-19-59(47)67(63)3)35-45(36-52(39)42-24-28-64-56(32-42)48-16-8-12-20-60(48)68(64)4)46-37-53(43-25-29-65-57(33-43)49-17-9-13-21-61(49)69(65)5)40(2)54(38-46)44-26-30-66-58(34-44)50-18-10-14-22-62(50)70(66)6/h7-38H,1-6H3. The Morgan fingerprint density at radius 1 is 0.214 bits per heavy atom. The molecular formula is C66H50N4. The largest absolute Gasteiger partial charge is 0.344 e. The highest BCUT2D eigenvalue weighted by atomic mass is 14.9. The summed E-state index contributed by atoms with van der Waals surface area (Å²) < 4.78 is 9.29. The molecule has 4 aromatic heterocycles. The normalized spacial score (nSPS) is 12.1. The van der Waals surface area contributed by atoms with Gasteiger partial charge in [0, 0.05) is 115 Å². The Morgan fingerprint density at radius 3 is 0.671 bits per heavy atom. The van der Waals surface area contributed by atoms with Gasteiger partial charge in [-0.2, -0.15) is 0 Å². The Labute approximate surface area is 406 Å². The van der Waals surface area contributed by atoms with Crippen LogP contribution in [0.4, 0.5) is 0 Å². The summed E-state index contributed by atoms with van der Waals surface area (Å²) >= 11 is 0. The maximum absolute atomic E-state index is 2.46. The molecule has 0 amide bonds. The van der Waals surface area contributed by atoms with Crippen LogP contribution in [0.3, 0.4) is 0 Å². The quantitative estimate of drug-likeness (QED) is 0.164. The van der Waals surface area contributed by atoms with Crippen molar-refractivity contribution in [1.29, 1.82) is 0 Å². The number of hydrogen-bond donors (Lipinski definition) is 0. The summed E-state index contributed by atoms with van der Waals surface area (Å²) in [6.45, 7) is 4.64. The van der Waals surface area contributed by atoms with Gasteiger partial charge >= 0.3 is 0 Å². The molecular weight excluding hydrogens is 849 g/mol. The molecule has 4 nitrogen and oxygen atoms in total. The van der Waals surface area contributed by atoms with Gasteiger partial charge in [-0.05, 0) is 178 Å². The highest BCUT2D eigenvalue weighted by molar-refractivity contribution is 6.13. The summed E-state index contributed by atoms with van der Waals surface area (Å²) in [5.74, 6) is 0. The van der Waals surface area contributed by atoms with Gasteiger partial charge < -0.3 is 18.3 Å². The molecule has 0 fully saturated rings. The van der Waals surface area contributed by atoms with E-state index < -0.39 is 0 Å². The van der Waals surface area contributed by atoms with Crippen LogP contribution in [-0.4, -0.2) is 18.3 Å². The Morgan fingerprint density at radius 2 is 0.429 bits per heavy atom. The molecule has 4 heterocycles. The molecule has 0 atom stereocenters. The first-order valence-electron chi connectivity index (χ1n) is 24.4. The Balaban J connectivity index is 1.05. The Hall–Kier alpha value is -8.60. The number of para-hydroxylation sites is 4. The summed E-state index contributed by atoms with van der Waals surface area (Å²) in [4.78, 5) is 0. The van der Waals surface area contributed by atoms with Gasteiger partial charge in [0.05, 0.1) is 0 Å². The monoisotopic (exact) mass is 898 g/mol. The van der Waals surface area contributed by atoms with Crippen molar-refractivity contribution < 1.29 is 0 Å². The van der Waals surface area contributed by atoms with Crippen LogP contribution in [0.15, 0.2) is 194 Å². The lowest BCUT2D eigenvalue weighted by molar-refractivity contribution is 1.01. The van der Waals surface area contributed by atoms with E-state index in [0.29, 0.717) is 0 Å². The molecule has 0 N–H and O–H groups in total. The van der Waals surface area contributed by atoms with E-state index in [-0.39, 0.29) is 0 Å². The summed E-state index contributed by atoms with van der Waals surface area (Å²) in [6, 6.07) is 73.2. The van der Waals surface area contributed by atoms with Gasteiger partial charge in [-0.25, -0.2) is 0 Å². The van der Waals surface area contributed by atoms with Crippen molar-refractivity contribution in [3.8, 4) is 55.6 Å². The van der Waals surface area contributed by atoms with Gasteiger partial charge in [0.1, 0.15) is 0 Å². The van der Waals surface area contributed by atoms with Crippen LogP contribution in [0.25, 0.3) is 143 Å². The van der Waals surface area contributed by atoms with Crippen molar-refractivity contribution >= 4 is 87.2 Å². The predicted molar refractivity (Wildman–Crippen MR) is 299 cm³/mol. The zero-order valence-corrected chi connectivity index (χ0v) is 40.3. The molecule has 0 radical (unpaired) electrons. The molecule has 14 aromatic rings. The van der Waals surface area contributed by atoms with Crippen molar-refractivity contribution in [2.45, 2.75) is 13.8 Å². The van der Waals surface area contributed by atoms with E-state index in [9.17, 15) is 0 Å². The molecule has 70 heavy (non-hydrogen) atoms. The molecule has 0 aliphatic rings. The van der Waals surface area contributed by atoms with E-state index >= 15 is 0 Å². The lowest BCUT2D eigenvalue weighted by Gasteiger charge is -2.19. The molecule has 4 heteroatoms. The van der Waals surface area contributed by atoms with Crippen molar-refractivity contribution in [2.24, 2.45) is 28.2 Å². The first-order valence-corrected chi connectivity index (χ1v) is 24.4. The number of hydrogen-bond acceptors (Lipinski definition) is 0. The maximum atomic E-state index is 2.46. The average molecular weight is 899 g/mol. The van der Waals surface area contributed by atoms with E-state index in [1.165, 1.54) is 154 Å². The second-order valence-electron chi connectivity index (χ2n) is 19.6. The molecule has 0 saturated heterocycles. The van der Waals surface area contributed by atoms with Gasteiger partial charge in [0.2, 0.25) is 0 Å². The molecule has 0 saturated carbocycles. The summed E-state index contributed by atoms with van der Waals surface area (Å²) in [7, 11) is 8.72. The third-order valence-electron chi connectivity index (χ3n) is 16.0. The molecule has 0 aliphatic carbocycles. The van der Waals surface area contributed by atoms with Crippen LogP contribution < -0.4 is 0 Å². The van der Waals surface area contributed by atoms with Crippen molar-refractivity contribution in [3.63, 3.8) is 0 Å². The van der Waals surface area contributed by atoms with Crippen LogP contribution in [0.5, 0.6) is 0 Å². The minimum absolute atomic E-state index is 1.19. The Bertz CT molecular complexity index is 3970. The number of nitrogens with zero attached hydrogens (tertiary/aromatic N) is 4. The number of rotatable bonds is 5. The van der Waals surface area contributed by atoms with E-state index in [2.05, 4.69) is 254 Å². The smallest absolute Gasteiger partial charge is 0.0489 e. The van der Waals surface area contributed by atoms with Crippen LogP contribution in [-0.2, 0) is 28.2 Å². The van der Waals surface area contributed by atoms with Crippen LogP contribution in [0, 0.1) is 13.8 Å². The lowest BCUT2D eigenvalue weighted by atomic mass is 9.84. The van der Waals surface area contributed by atoms with Crippen LogP contribution >= 0.6 is 0 Å². The topological polar surface area (TPSA) is 19.7 Å². The van der Waals surface area contributed by atoms with Gasteiger partial charge in [0.15, 0.2) is 0 Å². The molecule has 14 rings (SSSR count). The summed E-state index contributed by atoms with van der Waals surface area (Å²) in [5.41, 5.74) is 24.6. The zero-order valence-electron chi connectivity index (χ0n) is 40.3.